The van der Waals surface area contributed by atoms with Gasteiger partial charge in [-0.2, -0.15) is 0 Å². The summed E-state index contributed by atoms with van der Waals surface area (Å²) < 4.78 is 16.6. The van der Waals surface area contributed by atoms with Crippen molar-refractivity contribution in [3.05, 3.63) is 209 Å². The second-order valence-electron chi connectivity index (χ2n) is 16.3. The first kappa shape index (κ1) is 71.7. The molecule has 9 heterocycles. The quantitative estimate of drug-likeness (QED) is 0.0165. The number of nitrogen functional groups attached to an aromatic ring is 1. The van der Waals surface area contributed by atoms with E-state index in [2.05, 4.69) is 51.5 Å². The molecule has 3 aromatic carbocycles. The van der Waals surface area contributed by atoms with E-state index >= 15 is 0 Å². The first-order valence-electron chi connectivity index (χ1n) is 24.8. The average molecular weight is 1460 g/mol. The van der Waals surface area contributed by atoms with Crippen LogP contribution < -0.4 is 32.2 Å². The molecular weight excluding hydrogens is 1420 g/mol. The molecule has 0 unspecified atom stereocenters. The van der Waals surface area contributed by atoms with Crippen molar-refractivity contribution in [3.8, 4) is 21.5 Å². The van der Waals surface area contributed by atoms with Crippen molar-refractivity contribution in [3.63, 3.8) is 0 Å². The number of rotatable bonds is 12. The van der Waals surface area contributed by atoms with Crippen LogP contribution in [-0.4, -0.2) is 96.7 Å². The van der Waals surface area contributed by atoms with E-state index in [9.17, 15) is 24.0 Å². The standard InChI is InChI=1S/2C14H10ClN3O2S2.C8H8ClNO.C7H6N4S.C6H3ClN2OS2.C5H5ClN2OS.CH4/c15-11-7-6-10(22-11)13(20)16-17-14-18(12(19)8-21-14)9-4-2-1-3-5-9;15-11-7-6-10(22-11)13-17-18-14(20-13)21-8-12(19)16-9-4-2-1-3-5-9;9-6-8(11)10-7-4-2-1-3-5-7;12-7(10-3-1-8-5-10)11-4-2-9-6-11;7-4-2-1-3(12-4)5-8-9-6(11)10-5;6-4-2-1-3(10-4)5(9)8-7;/h1-7H,8H2,(H,16,20);1-7H,8H2,(H,16,19);1-5H,6H2,(H,10,11);1-6H;1-2H,(H,9,11);1-2H,7H2,(H,8,9);1H4. The Morgan fingerprint density at radius 3 is 1.64 bits per heavy atom. The van der Waals surface area contributed by atoms with Crippen molar-refractivity contribution in [2.45, 2.75) is 12.6 Å². The molecule has 8 aromatic heterocycles. The van der Waals surface area contributed by atoms with Crippen LogP contribution in [0.5, 0.6) is 0 Å². The van der Waals surface area contributed by atoms with Crippen LogP contribution in [0.25, 0.3) is 21.5 Å². The number of thiocarbonyl (C=S) groups is 1. The highest BCUT2D eigenvalue weighted by Gasteiger charge is 2.30. The number of amides is 5. The topological polar surface area (TPSA) is 291 Å². The van der Waals surface area contributed by atoms with Crippen molar-refractivity contribution in [2.24, 2.45) is 10.9 Å². The number of anilines is 3. The van der Waals surface area contributed by atoms with Crippen molar-refractivity contribution >= 4 is 208 Å². The van der Waals surface area contributed by atoms with E-state index in [0.717, 1.165) is 26.8 Å². The van der Waals surface area contributed by atoms with Crippen LogP contribution in [0.3, 0.4) is 0 Å². The van der Waals surface area contributed by atoms with Gasteiger partial charge in [-0.3, -0.25) is 43.4 Å². The predicted molar refractivity (Wildman–Crippen MR) is 370 cm³/mol. The Bertz CT molecular complexity index is 4090. The van der Waals surface area contributed by atoms with Gasteiger partial charge < -0.3 is 19.5 Å². The van der Waals surface area contributed by atoms with Crippen LogP contribution in [0.2, 0.25) is 17.3 Å². The fourth-order valence-electron chi connectivity index (χ4n) is 6.37. The number of thioether (sulfide) groups is 2. The summed E-state index contributed by atoms with van der Waals surface area (Å²) in [7, 11) is 0. The highest BCUT2D eigenvalue weighted by molar-refractivity contribution is 8.15. The second-order valence-corrected chi connectivity index (χ2v) is 26.1. The molecule has 5 amide bonds. The number of imidazole rings is 2. The number of hydrogen-bond donors (Lipinski definition) is 6. The lowest BCUT2D eigenvalue weighted by Gasteiger charge is -2.15. The van der Waals surface area contributed by atoms with Crippen molar-refractivity contribution in [2.75, 3.05) is 32.9 Å². The molecular formula is C55H46Cl5N15O7S8. The van der Waals surface area contributed by atoms with Gasteiger partial charge in [-0.05, 0) is 109 Å². The van der Waals surface area contributed by atoms with Gasteiger partial charge in [-0.15, -0.1) is 77.3 Å². The summed E-state index contributed by atoms with van der Waals surface area (Å²) in [5.74, 6) is 5.22. The Morgan fingerprint density at radius 1 is 0.667 bits per heavy atom. The van der Waals surface area contributed by atoms with E-state index in [1.54, 1.807) is 83.0 Å². The Balaban J connectivity index is 0.000000177. The summed E-state index contributed by atoms with van der Waals surface area (Å²) in [6.45, 7) is 0. The molecule has 0 radical (unpaired) electrons. The Kier molecular flexibility index (Phi) is 30.0. The summed E-state index contributed by atoms with van der Waals surface area (Å²) in [4.78, 5) is 69.5. The Morgan fingerprint density at radius 2 is 1.18 bits per heavy atom. The highest BCUT2D eigenvalue weighted by atomic mass is 35.5. The van der Waals surface area contributed by atoms with Crippen LogP contribution in [0.4, 0.5) is 17.1 Å². The van der Waals surface area contributed by atoms with Crippen LogP contribution in [-0.2, 0) is 14.4 Å². The summed E-state index contributed by atoms with van der Waals surface area (Å²) in [6, 6.07) is 41.4. The number of thiophene rings is 4. The normalized spacial score (nSPS) is 11.5. The molecule has 12 rings (SSSR count). The van der Waals surface area contributed by atoms with E-state index in [-0.39, 0.29) is 53.4 Å². The van der Waals surface area contributed by atoms with Crippen molar-refractivity contribution in [1.82, 2.24) is 50.3 Å². The number of nitrogens with two attached hydrogens (primary N) is 1. The van der Waals surface area contributed by atoms with E-state index in [4.69, 9.17) is 97.1 Å². The van der Waals surface area contributed by atoms with E-state index in [1.165, 1.54) is 73.8 Å². The molecule has 1 aliphatic heterocycles. The number of alkyl halides is 1. The Hall–Kier alpha value is -7.40. The number of carbonyl (C=O) groups is 5. The summed E-state index contributed by atoms with van der Waals surface area (Å²) >= 11 is 45.7. The van der Waals surface area contributed by atoms with Gasteiger partial charge in [0, 0.05) is 36.2 Å². The minimum Gasteiger partial charge on any atom is -0.410 e. The predicted octanol–water partition coefficient (Wildman–Crippen LogP) is 14.7. The van der Waals surface area contributed by atoms with Crippen LogP contribution >= 0.6 is 151 Å². The number of aromatic nitrogens is 8. The minimum absolute atomic E-state index is 0. The molecule has 1 aliphatic rings. The molecule has 35 heteroatoms. The SMILES string of the molecule is C.NNC(=O)c1ccc(Cl)s1.O=C(CCl)Nc1ccccc1.O=C(CSc1nnc(-c2ccc(Cl)s2)o1)Nc1ccccc1.O=C(NN=C1SCC(=O)N1c1ccccc1)c1ccc(Cl)s1.S=C(n1ccnc1)n1ccnc1.S=c1[nH]nc(-c2ccc(Cl)s2)o1. The van der Waals surface area contributed by atoms with Gasteiger partial charge in [0.2, 0.25) is 17.7 Å². The lowest BCUT2D eigenvalue weighted by atomic mass is 10.3. The third kappa shape index (κ3) is 23.4. The zero-order valence-electron chi connectivity index (χ0n) is 45.0. The Labute approximate surface area is 573 Å². The first-order chi connectivity index (χ1) is 43.0. The molecule has 0 aliphatic carbocycles. The van der Waals surface area contributed by atoms with Gasteiger partial charge in [0.15, 0.2) is 10.3 Å². The average Bonchev–Trinajstić information content (AvgIpc) is 2.29. The molecule has 0 bridgehead atoms. The molecule has 466 valence electrons. The van der Waals surface area contributed by atoms with E-state index in [0.29, 0.717) is 60.1 Å². The van der Waals surface area contributed by atoms with Crippen LogP contribution in [0.1, 0.15) is 26.8 Å². The maximum Gasteiger partial charge on any atom is 0.284 e. The molecule has 0 atom stereocenters. The first-order valence-corrected chi connectivity index (χ1v) is 32.9. The fraction of sp³-hybridized carbons (Fsp3) is 0.0727. The van der Waals surface area contributed by atoms with Gasteiger partial charge in [-0.1, -0.05) is 132 Å². The van der Waals surface area contributed by atoms with Gasteiger partial charge in [0.25, 0.3) is 33.7 Å². The smallest absolute Gasteiger partial charge is 0.284 e. The molecule has 22 nitrogen and oxygen atoms in total. The molecule has 1 saturated heterocycles. The van der Waals surface area contributed by atoms with Gasteiger partial charge >= 0.3 is 0 Å². The number of para-hydroxylation sites is 3. The van der Waals surface area contributed by atoms with Crippen LogP contribution in [0.15, 0.2) is 196 Å². The maximum atomic E-state index is 12.0. The number of H-pyrrole nitrogens is 1. The molecule has 7 N–H and O–H groups in total. The number of hydrazone groups is 1. The molecule has 0 spiro atoms. The van der Waals surface area contributed by atoms with Gasteiger partial charge in [-0.25, -0.2) is 26.3 Å². The zero-order chi connectivity index (χ0) is 63.5. The number of nitrogens with zero attached hydrogens (tertiary/aromatic N) is 9. The fourth-order valence-corrected chi connectivity index (χ4v) is 12.0. The van der Waals surface area contributed by atoms with Crippen LogP contribution in [0, 0.1) is 4.84 Å². The molecule has 90 heavy (non-hydrogen) atoms. The monoisotopic (exact) mass is 1460 g/mol. The number of aromatic amines is 1. The van der Waals surface area contributed by atoms with E-state index in [1.807, 2.05) is 109 Å². The molecule has 1 fully saturated rings. The van der Waals surface area contributed by atoms with E-state index < -0.39 is 0 Å². The number of amidine groups is 1. The van der Waals surface area contributed by atoms with Crippen molar-refractivity contribution < 1.29 is 32.8 Å². The molecule has 0 saturated carbocycles. The third-order valence-corrected chi connectivity index (χ3v) is 17.7. The lowest BCUT2D eigenvalue weighted by molar-refractivity contribution is -0.115. The number of hydrazine groups is 1. The summed E-state index contributed by atoms with van der Waals surface area (Å²) in [5.41, 5.74) is 6.73. The van der Waals surface area contributed by atoms with Gasteiger partial charge in [0.05, 0.1) is 54.0 Å². The highest BCUT2D eigenvalue weighted by Crippen LogP contribution is 2.33. The third-order valence-electron chi connectivity index (χ3n) is 10.2. The number of halogens is 5. The minimum atomic E-state index is -0.350. The number of hydrogen-bond acceptors (Lipinski definition) is 22. The maximum absolute atomic E-state index is 12.0. The van der Waals surface area contributed by atoms with Gasteiger partial charge in [0.1, 0.15) is 18.5 Å². The number of benzene rings is 3. The largest absolute Gasteiger partial charge is 0.410 e. The summed E-state index contributed by atoms with van der Waals surface area (Å²) in [6.07, 6.45) is 10.3. The number of carbonyl (C=O) groups excluding carboxylic acids is 5. The zero-order valence-corrected chi connectivity index (χ0v) is 55.3. The number of nitrogens with one attached hydrogen (secondary N) is 5. The lowest BCUT2D eigenvalue weighted by Crippen LogP contribution is -2.31. The van der Waals surface area contributed by atoms with Crippen molar-refractivity contribution in [1.29, 1.82) is 0 Å². The summed E-state index contributed by atoms with van der Waals surface area (Å²) in [5, 5.41) is 25.2. The molecule has 11 aromatic rings. The second kappa shape index (κ2) is 37.7.